The number of esters is 2. The first-order valence-corrected chi connectivity index (χ1v) is 24.5. The molecule has 62 heavy (non-hydrogen) atoms. The molecule has 1 saturated heterocycles. The third-order valence-corrected chi connectivity index (χ3v) is 10.5. The molecule has 0 aromatic rings. The summed E-state index contributed by atoms with van der Waals surface area (Å²) in [7, 11) is -4.62. The van der Waals surface area contributed by atoms with E-state index in [1.807, 2.05) is 36.5 Å². The van der Waals surface area contributed by atoms with Crippen LogP contribution in [0, 0.1) is 0 Å². The molecule has 0 spiro atoms. The summed E-state index contributed by atoms with van der Waals surface area (Å²) in [6.45, 7) is 3.53. The second-order valence-electron chi connectivity index (χ2n) is 15.4. The maximum atomic E-state index is 12.8. The molecule has 1 heterocycles. The summed E-state index contributed by atoms with van der Waals surface area (Å²) in [5.41, 5.74) is 0. The van der Waals surface area contributed by atoms with Gasteiger partial charge in [0.15, 0.2) is 12.4 Å². The molecule has 13 heteroatoms. The summed E-state index contributed by atoms with van der Waals surface area (Å²) in [6.07, 6.45) is 41.6. The van der Waals surface area contributed by atoms with Gasteiger partial charge < -0.3 is 34.3 Å². The van der Waals surface area contributed by atoms with E-state index < -0.39 is 71.2 Å². The number of rotatable bonds is 36. The van der Waals surface area contributed by atoms with E-state index in [0.717, 1.165) is 83.5 Å². The third-order valence-electron chi connectivity index (χ3n) is 9.74. The predicted molar refractivity (Wildman–Crippen MR) is 247 cm³/mol. The topological polar surface area (TPSA) is 186 Å². The molecule has 6 atom stereocenters. The van der Waals surface area contributed by atoms with Crippen molar-refractivity contribution in [1.29, 1.82) is 0 Å². The quantitative estimate of drug-likeness (QED) is 0.0154. The van der Waals surface area contributed by atoms with Crippen molar-refractivity contribution >= 4 is 22.1 Å². The van der Waals surface area contributed by atoms with Gasteiger partial charge in [0, 0.05) is 12.8 Å². The van der Waals surface area contributed by atoms with Crippen LogP contribution in [0.2, 0.25) is 0 Å². The number of aliphatic hydroxyl groups is 3. The minimum Gasteiger partial charge on any atom is -0.462 e. The Kier molecular flexibility index (Phi) is 34.7. The molecule has 0 aromatic heterocycles. The third kappa shape index (κ3) is 32.3. The predicted octanol–water partition coefficient (Wildman–Crippen LogP) is 9.44. The van der Waals surface area contributed by atoms with Crippen molar-refractivity contribution in [1.82, 2.24) is 0 Å². The van der Waals surface area contributed by atoms with E-state index in [2.05, 4.69) is 74.6 Å². The monoisotopic (exact) mass is 891 g/mol. The fraction of sp³-hybridized carbons (Fsp3) is 0.633. The van der Waals surface area contributed by atoms with Crippen molar-refractivity contribution in [2.45, 2.75) is 179 Å². The lowest BCUT2D eigenvalue weighted by molar-refractivity contribution is -0.297. The zero-order valence-electron chi connectivity index (χ0n) is 37.4. The average Bonchev–Trinajstić information content (AvgIpc) is 3.24. The van der Waals surface area contributed by atoms with Gasteiger partial charge in [0.25, 0.3) is 10.1 Å². The Hall–Kier alpha value is -3.43. The SMILES string of the molecule is CC/C=C/C=C/C=C/C=C/CCCCCCCC(=O)O[C@H](COC(=O)CCCCC/C=C/C/C=C/C/C=C/C/C=C/CCCCC)CO[C@H]1O[C@H](CS(=O)(=O)O)[C@@H](O)C(O)C1O. The van der Waals surface area contributed by atoms with Crippen LogP contribution in [0.1, 0.15) is 142 Å². The van der Waals surface area contributed by atoms with Crippen LogP contribution in [0.15, 0.2) is 97.2 Å². The van der Waals surface area contributed by atoms with Crippen molar-refractivity contribution in [2.75, 3.05) is 19.0 Å². The number of carbonyl (C=O) groups excluding carboxylic acids is 2. The van der Waals surface area contributed by atoms with Crippen molar-refractivity contribution in [2.24, 2.45) is 0 Å². The van der Waals surface area contributed by atoms with Gasteiger partial charge in [0.2, 0.25) is 0 Å². The van der Waals surface area contributed by atoms with Crippen molar-refractivity contribution in [3.8, 4) is 0 Å². The van der Waals surface area contributed by atoms with Gasteiger partial charge in [-0.2, -0.15) is 8.42 Å². The summed E-state index contributed by atoms with van der Waals surface area (Å²) < 4.78 is 54.0. The van der Waals surface area contributed by atoms with E-state index in [0.29, 0.717) is 12.8 Å². The number of allylic oxidation sites excluding steroid dienone is 16. The summed E-state index contributed by atoms with van der Waals surface area (Å²) >= 11 is 0. The Labute approximate surface area is 373 Å². The molecule has 0 saturated carbocycles. The van der Waals surface area contributed by atoms with Gasteiger partial charge in [-0.3, -0.25) is 14.1 Å². The Morgan fingerprint density at radius 3 is 1.68 bits per heavy atom. The normalized spacial score (nSPS) is 20.8. The Bertz CT molecular complexity index is 1510. The van der Waals surface area contributed by atoms with Gasteiger partial charge in [-0.1, -0.05) is 150 Å². The minimum absolute atomic E-state index is 0.124. The van der Waals surface area contributed by atoms with E-state index >= 15 is 0 Å². The largest absolute Gasteiger partial charge is 0.462 e. The number of hydrogen-bond acceptors (Lipinski definition) is 11. The standard InChI is InChI=1S/C49H78O12S/c1-3-5-7-9-11-13-15-17-19-20-21-22-24-25-27-29-31-33-35-37-44(50)58-39-42(40-59-49-48(54)47(53)46(52)43(61-49)41-62(55,56)57)60-45(51)38-36-34-32-30-28-26-23-18-16-14-12-10-8-6-4-2/h6,8,10-14,16-19,21-23,25,27,42-43,46-49,52-54H,3-5,7,9,15,20,24,26,28-41H2,1-2H3,(H,55,56,57)/b8-6+,12-10+,13-11+,16-14+,19-17+,22-21+,23-18+,27-25+/t42-,43-,46-,47?,48?,49+/m1/s1. The molecule has 0 aromatic carbocycles. The second kappa shape index (κ2) is 38.1. The summed E-state index contributed by atoms with van der Waals surface area (Å²) in [6, 6.07) is 0. The van der Waals surface area contributed by atoms with Gasteiger partial charge in [-0.15, -0.1) is 0 Å². The van der Waals surface area contributed by atoms with Crippen LogP contribution in [0.4, 0.5) is 0 Å². The van der Waals surface area contributed by atoms with Crippen molar-refractivity contribution in [3.05, 3.63) is 97.2 Å². The van der Waals surface area contributed by atoms with Crippen LogP contribution in [-0.4, -0.2) is 96.0 Å². The maximum Gasteiger partial charge on any atom is 0.306 e. The molecule has 1 fully saturated rings. The summed E-state index contributed by atoms with van der Waals surface area (Å²) in [5, 5.41) is 30.9. The molecule has 0 bridgehead atoms. The molecular weight excluding hydrogens is 813 g/mol. The van der Waals surface area contributed by atoms with Crippen molar-refractivity contribution < 1.29 is 56.8 Å². The van der Waals surface area contributed by atoms with Gasteiger partial charge in [-0.05, 0) is 77.0 Å². The lowest BCUT2D eigenvalue weighted by Crippen LogP contribution is -2.60. The molecule has 4 N–H and O–H groups in total. The number of hydrogen-bond donors (Lipinski definition) is 4. The molecule has 1 aliphatic rings. The molecule has 1 rings (SSSR count). The Balaban J connectivity index is 2.49. The van der Waals surface area contributed by atoms with Gasteiger partial charge >= 0.3 is 11.9 Å². The highest BCUT2D eigenvalue weighted by molar-refractivity contribution is 7.85. The van der Waals surface area contributed by atoms with Crippen LogP contribution >= 0.6 is 0 Å². The Morgan fingerprint density at radius 1 is 0.581 bits per heavy atom. The number of carbonyl (C=O) groups is 2. The van der Waals surface area contributed by atoms with E-state index in [1.54, 1.807) is 0 Å². The van der Waals surface area contributed by atoms with E-state index in [1.165, 1.54) is 19.3 Å². The van der Waals surface area contributed by atoms with Gasteiger partial charge in [0.1, 0.15) is 36.8 Å². The first-order chi connectivity index (χ1) is 30.0. The van der Waals surface area contributed by atoms with Crippen molar-refractivity contribution in [3.63, 3.8) is 0 Å². The molecule has 0 aliphatic carbocycles. The fourth-order valence-corrected chi connectivity index (χ4v) is 6.89. The maximum absolute atomic E-state index is 12.8. The van der Waals surface area contributed by atoms with Crippen LogP contribution in [0.5, 0.6) is 0 Å². The van der Waals surface area contributed by atoms with Crippen LogP contribution in [0.3, 0.4) is 0 Å². The Morgan fingerprint density at radius 2 is 1.08 bits per heavy atom. The molecule has 12 nitrogen and oxygen atoms in total. The summed E-state index contributed by atoms with van der Waals surface area (Å²) in [5.74, 6) is -2.07. The van der Waals surface area contributed by atoms with Crippen LogP contribution < -0.4 is 0 Å². The number of ether oxygens (including phenoxy) is 4. The minimum atomic E-state index is -4.62. The molecule has 352 valence electrons. The van der Waals surface area contributed by atoms with E-state index in [4.69, 9.17) is 18.9 Å². The second-order valence-corrected chi connectivity index (χ2v) is 16.9. The lowest BCUT2D eigenvalue weighted by atomic mass is 10.00. The highest BCUT2D eigenvalue weighted by atomic mass is 32.2. The highest BCUT2D eigenvalue weighted by Gasteiger charge is 2.46. The lowest BCUT2D eigenvalue weighted by Gasteiger charge is -2.40. The van der Waals surface area contributed by atoms with Gasteiger partial charge in [0.05, 0.1) is 6.61 Å². The summed E-state index contributed by atoms with van der Waals surface area (Å²) in [4.78, 5) is 25.4. The first kappa shape index (κ1) is 56.6. The average molecular weight is 891 g/mol. The van der Waals surface area contributed by atoms with Gasteiger partial charge in [-0.25, -0.2) is 0 Å². The molecule has 0 amide bonds. The fourth-order valence-electron chi connectivity index (χ4n) is 6.20. The molecule has 0 radical (unpaired) electrons. The molecular formula is C49H78O12S. The zero-order valence-corrected chi connectivity index (χ0v) is 38.2. The smallest absolute Gasteiger partial charge is 0.306 e. The first-order valence-electron chi connectivity index (χ1n) is 22.8. The zero-order chi connectivity index (χ0) is 45.5. The molecule has 2 unspecified atom stereocenters. The van der Waals surface area contributed by atoms with E-state index in [-0.39, 0.29) is 19.4 Å². The van der Waals surface area contributed by atoms with E-state index in [9.17, 15) is 37.9 Å². The highest BCUT2D eigenvalue weighted by Crippen LogP contribution is 2.24. The van der Waals surface area contributed by atoms with Crippen LogP contribution in [0.25, 0.3) is 0 Å². The number of aliphatic hydroxyl groups excluding tert-OH is 3. The van der Waals surface area contributed by atoms with Crippen LogP contribution in [-0.2, 0) is 38.7 Å². The molecule has 1 aliphatic heterocycles. The number of unbranched alkanes of at least 4 members (excludes halogenated alkanes) is 11.